The van der Waals surface area contributed by atoms with Crippen LogP contribution in [-0.4, -0.2) is 32.7 Å². The summed E-state index contributed by atoms with van der Waals surface area (Å²) in [5, 5.41) is 3.51. The lowest BCUT2D eigenvalue weighted by molar-refractivity contribution is 0.364. The summed E-state index contributed by atoms with van der Waals surface area (Å²) >= 11 is 0. The zero-order valence-corrected chi connectivity index (χ0v) is 22.1. The average Bonchev–Trinajstić information content (AvgIpc) is 3.60. The van der Waals surface area contributed by atoms with Crippen molar-refractivity contribution < 1.29 is 4.74 Å². The van der Waals surface area contributed by atoms with Crippen molar-refractivity contribution in [3.63, 3.8) is 0 Å². The van der Waals surface area contributed by atoms with E-state index in [0.29, 0.717) is 24.3 Å². The van der Waals surface area contributed by atoms with E-state index in [1.165, 1.54) is 12.8 Å². The molecule has 2 aromatic carbocycles. The summed E-state index contributed by atoms with van der Waals surface area (Å²) in [7, 11) is 1.70. The van der Waals surface area contributed by atoms with E-state index in [9.17, 15) is 0 Å². The predicted molar refractivity (Wildman–Crippen MR) is 152 cm³/mol. The van der Waals surface area contributed by atoms with Gasteiger partial charge in [-0.05, 0) is 49.3 Å². The first kappa shape index (κ1) is 24.7. The first-order valence-corrected chi connectivity index (χ1v) is 13.9. The largest absolute Gasteiger partial charge is 0.496 e. The van der Waals surface area contributed by atoms with Crippen LogP contribution in [0, 0.1) is 0 Å². The fourth-order valence-electron chi connectivity index (χ4n) is 6.27. The number of anilines is 2. The number of nitrogen functional groups attached to an aromatic ring is 1. The van der Waals surface area contributed by atoms with Crippen molar-refractivity contribution in [1.82, 2.24) is 19.5 Å². The molecule has 5 N–H and O–H groups in total. The van der Waals surface area contributed by atoms with E-state index in [1.807, 2.05) is 18.2 Å². The molecule has 0 bridgehead atoms. The number of hydrogen-bond acceptors (Lipinski definition) is 7. The van der Waals surface area contributed by atoms with Gasteiger partial charge in [-0.25, -0.2) is 4.98 Å². The minimum absolute atomic E-state index is 0.234. The monoisotopic (exact) mass is 511 g/mol. The maximum Gasteiger partial charge on any atom is 0.224 e. The van der Waals surface area contributed by atoms with E-state index in [1.54, 1.807) is 7.11 Å². The molecule has 0 aliphatic heterocycles. The molecule has 2 unspecified atom stereocenters. The number of ether oxygens (including phenoxy) is 1. The lowest BCUT2D eigenvalue weighted by Crippen LogP contribution is -2.28. The van der Waals surface area contributed by atoms with Crippen LogP contribution >= 0.6 is 0 Å². The van der Waals surface area contributed by atoms with Crippen LogP contribution in [-0.2, 0) is 6.54 Å². The number of hydrogen-bond donors (Lipinski definition) is 3. The molecule has 2 saturated carbocycles. The number of para-hydroxylation sites is 1. The summed E-state index contributed by atoms with van der Waals surface area (Å²) in [5.41, 5.74) is 17.6. The fourth-order valence-corrected chi connectivity index (χ4v) is 6.27. The Labute approximate surface area is 223 Å². The van der Waals surface area contributed by atoms with Gasteiger partial charge in [0.05, 0.1) is 7.11 Å². The minimum atomic E-state index is 0.234. The van der Waals surface area contributed by atoms with E-state index in [0.717, 1.165) is 78.0 Å². The Hall–Kier alpha value is -3.65. The first-order valence-electron chi connectivity index (χ1n) is 13.9. The molecule has 8 nitrogen and oxygen atoms in total. The molecular formula is C30H37N7O. The Morgan fingerprint density at radius 2 is 1.74 bits per heavy atom. The van der Waals surface area contributed by atoms with E-state index in [4.69, 9.17) is 26.2 Å². The van der Waals surface area contributed by atoms with Gasteiger partial charge in [-0.2, -0.15) is 9.97 Å². The second-order valence-electron chi connectivity index (χ2n) is 10.8. The topological polar surface area (TPSA) is 117 Å². The minimum Gasteiger partial charge on any atom is -0.496 e. The van der Waals surface area contributed by atoms with Gasteiger partial charge in [-0.1, -0.05) is 61.7 Å². The van der Waals surface area contributed by atoms with Crippen molar-refractivity contribution in [2.45, 2.75) is 75.9 Å². The molecule has 2 heterocycles. The first-order chi connectivity index (χ1) is 18.6. The molecule has 0 saturated heterocycles. The van der Waals surface area contributed by atoms with Gasteiger partial charge in [-0.3, -0.25) is 0 Å². The van der Waals surface area contributed by atoms with E-state index >= 15 is 0 Å². The molecule has 8 heteroatoms. The lowest BCUT2D eigenvalue weighted by atomic mass is 9.85. The third kappa shape index (κ3) is 4.80. The van der Waals surface area contributed by atoms with Crippen molar-refractivity contribution in [2.75, 3.05) is 18.2 Å². The highest BCUT2D eigenvalue weighted by Crippen LogP contribution is 2.40. The molecule has 0 amide bonds. The van der Waals surface area contributed by atoms with Crippen LogP contribution in [0.15, 0.2) is 48.5 Å². The molecule has 2 aliphatic rings. The van der Waals surface area contributed by atoms with Crippen molar-refractivity contribution in [3.8, 4) is 16.9 Å². The second-order valence-corrected chi connectivity index (χ2v) is 10.8. The van der Waals surface area contributed by atoms with Gasteiger partial charge in [0, 0.05) is 30.1 Å². The predicted octanol–water partition coefficient (Wildman–Crippen LogP) is 5.80. The summed E-state index contributed by atoms with van der Waals surface area (Å²) in [4.78, 5) is 14.5. The molecule has 198 valence electrons. The zero-order chi connectivity index (χ0) is 26.1. The number of fused-ring (bicyclic) bond motifs is 1. The molecule has 38 heavy (non-hydrogen) atoms. The van der Waals surface area contributed by atoms with E-state index < -0.39 is 0 Å². The summed E-state index contributed by atoms with van der Waals surface area (Å²) in [5.74, 6) is 3.30. The fraction of sp³-hybridized carbons (Fsp3) is 0.433. The Morgan fingerprint density at radius 1 is 0.947 bits per heavy atom. The standard InChI is InChI=1S/C30H37N7O/c1-38-25-12-5-4-11-24(25)20-15-13-19(14-16-20)18-33-27-26-29(36-30(32)35-27)37(23-9-2-3-10-23)28(34-26)21-7-6-8-22(31)17-21/h4-5,11-16,21-23H,2-3,6-10,17-18,31H2,1H3,(H3,32,33,35,36). The highest BCUT2D eigenvalue weighted by Gasteiger charge is 2.31. The number of methoxy groups -OCH3 is 1. The summed E-state index contributed by atoms with van der Waals surface area (Å²) in [6, 6.07) is 17.2. The van der Waals surface area contributed by atoms with Crippen LogP contribution in [0.1, 0.15) is 74.7 Å². The summed E-state index contributed by atoms with van der Waals surface area (Å²) in [6.45, 7) is 0.609. The van der Waals surface area contributed by atoms with Gasteiger partial charge < -0.3 is 26.1 Å². The van der Waals surface area contributed by atoms with Gasteiger partial charge in [0.25, 0.3) is 0 Å². The quantitative estimate of drug-likeness (QED) is 0.287. The van der Waals surface area contributed by atoms with Crippen LogP contribution in [0.5, 0.6) is 5.75 Å². The maximum absolute atomic E-state index is 6.39. The maximum atomic E-state index is 6.39. The Kier molecular flexibility index (Phi) is 6.89. The molecule has 4 aromatic rings. The van der Waals surface area contributed by atoms with Crippen LogP contribution in [0.25, 0.3) is 22.3 Å². The molecule has 2 aliphatic carbocycles. The van der Waals surface area contributed by atoms with Crippen molar-refractivity contribution in [1.29, 1.82) is 0 Å². The molecular weight excluding hydrogens is 474 g/mol. The Bertz CT molecular complexity index is 1410. The summed E-state index contributed by atoms with van der Waals surface area (Å²) < 4.78 is 7.92. The average molecular weight is 512 g/mol. The Morgan fingerprint density at radius 3 is 2.50 bits per heavy atom. The molecule has 6 rings (SSSR count). The molecule has 0 radical (unpaired) electrons. The molecule has 2 fully saturated rings. The van der Waals surface area contributed by atoms with Gasteiger partial charge in [0.2, 0.25) is 5.95 Å². The number of nitrogens with two attached hydrogens (primary N) is 2. The number of imidazole rings is 1. The van der Waals surface area contributed by atoms with E-state index in [2.05, 4.69) is 45.2 Å². The van der Waals surface area contributed by atoms with E-state index in [-0.39, 0.29) is 12.0 Å². The van der Waals surface area contributed by atoms with Gasteiger partial charge in [-0.15, -0.1) is 0 Å². The second kappa shape index (κ2) is 10.6. The highest BCUT2D eigenvalue weighted by atomic mass is 16.5. The lowest BCUT2D eigenvalue weighted by Gasteiger charge is -2.28. The smallest absolute Gasteiger partial charge is 0.224 e. The van der Waals surface area contributed by atoms with Crippen LogP contribution < -0.4 is 21.5 Å². The number of benzene rings is 2. The number of rotatable bonds is 7. The normalized spacial score (nSPS) is 20.2. The molecule has 2 aromatic heterocycles. The molecule has 2 atom stereocenters. The third-order valence-electron chi connectivity index (χ3n) is 8.19. The van der Waals surface area contributed by atoms with Crippen LogP contribution in [0.2, 0.25) is 0 Å². The number of aromatic nitrogens is 4. The molecule has 0 spiro atoms. The Balaban J connectivity index is 1.30. The zero-order valence-electron chi connectivity index (χ0n) is 22.1. The van der Waals surface area contributed by atoms with Gasteiger partial charge in [0.1, 0.15) is 11.6 Å². The number of nitrogens with zero attached hydrogens (tertiary/aromatic N) is 4. The van der Waals surface area contributed by atoms with Gasteiger partial charge >= 0.3 is 0 Å². The highest BCUT2D eigenvalue weighted by molar-refractivity contribution is 5.85. The SMILES string of the molecule is COc1ccccc1-c1ccc(CNc2nc(N)nc3c2nc(C2CCCC(N)C2)n3C2CCCC2)cc1. The van der Waals surface area contributed by atoms with Crippen molar-refractivity contribution in [3.05, 3.63) is 59.9 Å². The van der Waals surface area contributed by atoms with Crippen LogP contribution in [0.3, 0.4) is 0 Å². The van der Waals surface area contributed by atoms with Crippen molar-refractivity contribution >= 4 is 22.9 Å². The third-order valence-corrected chi connectivity index (χ3v) is 8.19. The van der Waals surface area contributed by atoms with Crippen LogP contribution in [0.4, 0.5) is 11.8 Å². The van der Waals surface area contributed by atoms with Crippen molar-refractivity contribution in [2.24, 2.45) is 5.73 Å². The summed E-state index contributed by atoms with van der Waals surface area (Å²) in [6.07, 6.45) is 9.12. The number of nitrogens with one attached hydrogen (secondary N) is 1. The van der Waals surface area contributed by atoms with Gasteiger partial charge in [0.15, 0.2) is 17.0 Å².